The maximum absolute atomic E-state index is 11.8. The Kier molecular flexibility index (Phi) is 2.99. The fourth-order valence-electron chi connectivity index (χ4n) is 2.50. The quantitative estimate of drug-likeness (QED) is 0.907. The van der Waals surface area contributed by atoms with Crippen molar-refractivity contribution in [3.8, 4) is 0 Å². The molecule has 17 heavy (non-hydrogen) atoms. The van der Waals surface area contributed by atoms with Gasteiger partial charge in [-0.25, -0.2) is 0 Å². The van der Waals surface area contributed by atoms with Crippen LogP contribution in [0.15, 0.2) is 21.2 Å². The highest BCUT2D eigenvalue weighted by molar-refractivity contribution is 9.10. The van der Waals surface area contributed by atoms with Crippen LogP contribution < -0.4 is 5.32 Å². The van der Waals surface area contributed by atoms with E-state index in [9.17, 15) is 4.79 Å². The summed E-state index contributed by atoms with van der Waals surface area (Å²) >= 11 is 3.20. The Labute approximate surface area is 109 Å². The Morgan fingerprint density at radius 1 is 1.35 bits per heavy atom. The molecular weight excluding hydrogens is 282 g/mol. The van der Waals surface area contributed by atoms with Crippen molar-refractivity contribution < 1.29 is 9.21 Å². The van der Waals surface area contributed by atoms with Gasteiger partial charge in [0.05, 0.1) is 0 Å². The van der Waals surface area contributed by atoms with E-state index in [1.165, 1.54) is 25.7 Å². The van der Waals surface area contributed by atoms with Gasteiger partial charge in [0.1, 0.15) is 0 Å². The molecule has 1 aromatic rings. The van der Waals surface area contributed by atoms with Crippen LogP contribution in [-0.4, -0.2) is 12.5 Å². The second kappa shape index (κ2) is 4.48. The van der Waals surface area contributed by atoms with Crippen LogP contribution in [0.25, 0.3) is 0 Å². The highest BCUT2D eigenvalue weighted by atomic mass is 79.9. The van der Waals surface area contributed by atoms with Gasteiger partial charge < -0.3 is 9.73 Å². The molecule has 3 rings (SSSR count). The Morgan fingerprint density at radius 2 is 2.00 bits per heavy atom. The summed E-state index contributed by atoms with van der Waals surface area (Å²) < 4.78 is 5.83. The van der Waals surface area contributed by atoms with Gasteiger partial charge in [-0.05, 0) is 71.5 Å². The van der Waals surface area contributed by atoms with Crippen molar-refractivity contribution in [2.45, 2.75) is 25.7 Å². The van der Waals surface area contributed by atoms with Crippen LogP contribution in [0, 0.1) is 17.8 Å². The summed E-state index contributed by atoms with van der Waals surface area (Å²) in [5.41, 5.74) is 0. The molecule has 0 unspecified atom stereocenters. The van der Waals surface area contributed by atoms with Crippen LogP contribution in [0.2, 0.25) is 0 Å². The number of hydrogen-bond acceptors (Lipinski definition) is 2. The Bertz CT molecular complexity index is 409. The number of amides is 1. The van der Waals surface area contributed by atoms with Crippen molar-refractivity contribution >= 4 is 21.8 Å². The van der Waals surface area contributed by atoms with Crippen LogP contribution in [-0.2, 0) is 0 Å². The van der Waals surface area contributed by atoms with Crippen LogP contribution in [0.3, 0.4) is 0 Å². The maximum atomic E-state index is 11.8. The van der Waals surface area contributed by atoms with Crippen molar-refractivity contribution in [3.05, 3.63) is 22.6 Å². The smallest absolute Gasteiger partial charge is 0.287 e. The maximum Gasteiger partial charge on any atom is 0.287 e. The first-order valence-corrected chi connectivity index (χ1v) is 7.07. The van der Waals surface area contributed by atoms with Gasteiger partial charge in [0.25, 0.3) is 5.91 Å². The highest BCUT2D eigenvalue weighted by Gasteiger charge is 2.41. The van der Waals surface area contributed by atoms with E-state index in [0.29, 0.717) is 16.3 Å². The lowest BCUT2D eigenvalue weighted by molar-refractivity contribution is 0.0914. The molecular formula is C13H16BrNO2. The van der Waals surface area contributed by atoms with Gasteiger partial charge in [0.15, 0.2) is 10.4 Å². The fraction of sp³-hybridized carbons (Fsp3) is 0.615. The molecule has 1 N–H and O–H groups in total. The summed E-state index contributed by atoms with van der Waals surface area (Å²) in [5, 5.41) is 3.00. The third kappa shape index (κ3) is 2.73. The van der Waals surface area contributed by atoms with Gasteiger partial charge >= 0.3 is 0 Å². The molecule has 0 aliphatic heterocycles. The number of furan rings is 1. The summed E-state index contributed by atoms with van der Waals surface area (Å²) in [6, 6.07) is 3.44. The van der Waals surface area contributed by atoms with E-state index in [4.69, 9.17) is 4.42 Å². The van der Waals surface area contributed by atoms with Crippen molar-refractivity contribution in [2.24, 2.45) is 17.8 Å². The average Bonchev–Trinajstić information content (AvgIpc) is 3.20. The monoisotopic (exact) mass is 297 g/mol. The second-order valence-corrected chi connectivity index (χ2v) is 5.93. The Hall–Kier alpha value is -0.770. The molecule has 0 atom stereocenters. The van der Waals surface area contributed by atoms with Gasteiger partial charge in [-0.2, -0.15) is 0 Å². The minimum atomic E-state index is -0.0954. The molecule has 2 aliphatic rings. The predicted octanol–water partition coefficient (Wildman–Crippen LogP) is 3.21. The Balaban J connectivity index is 1.54. The molecule has 2 saturated carbocycles. The topological polar surface area (TPSA) is 42.2 Å². The highest BCUT2D eigenvalue weighted by Crippen LogP contribution is 2.48. The van der Waals surface area contributed by atoms with E-state index in [1.807, 2.05) is 0 Å². The molecule has 92 valence electrons. The predicted molar refractivity (Wildman–Crippen MR) is 67.7 cm³/mol. The first-order valence-electron chi connectivity index (χ1n) is 6.27. The minimum Gasteiger partial charge on any atom is -0.444 e. The summed E-state index contributed by atoms with van der Waals surface area (Å²) in [6.07, 6.45) is 5.40. The zero-order chi connectivity index (χ0) is 11.8. The normalized spacial score (nSPS) is 19.6. The molecule has 1 amide bonds. The lowest BCUT2D eigenvalue weighted by Gasteiger charge is -2.15. The van der Waals surface area contributed by atoms with E-state index in [0.717, 1.165) is 18.4 Å². The molecule has 1 aromatic heterocycles. The van der Waals surface area contributed by atoms with E-state index in [-0.39, 0.29) is 5.91 Å². The zero-order valence-corrected chi connectivity index (χ0v) is 11.2. The zero-order valence-electron chi connectivity index (χ0n) is 9.62. The van der Waals surface area contributed by atoms with E-state index < -0.39 is 0 Å². The molecule has 1 heterocycles. The lowest BCUT2D eigenvalue weighted by Crippen LogP contribution is -2.30. The number of halogens is 1. The van der Waals surface area contributed by atoms with Gasteiger partial charge in [-0.15, -0.1) is 0 Å². The lowest BCUT2D eigenvalue weighted by atomic mass is 9.98. The molecule has 3 nitrogen and oxygen atoms in total. The molecule has 2 aliphatic carbocycles. The largest absolute Gasteiger partial charge is 0.444 e. The first kappa shape index (κ1) is 11.3. The van der Waals surface area contributed by atoms with Crippen LogP contribution in [0.5, 0.6) is 0 Å². The average molecular weight is 298 g/mol. The number of rotatable bonds is 5. The van der Waals surface area contributed by atoms with Crippen LogP contribution in [0.1, 0.15) is 36.2 Å². The number of nitrogens with one attached hydrogen (secondary N) is 1. The van der Waals surface area contributed by atoms with E-state index in [2.05, 4.69) is 21.2 Å². The van der Waals surface area contributed by atoms with Crippen molar-refractivity contribution in [2.75, 3.05) is 6.54 Å². The Morgan fingerprint density at radius 3 is 2.47 bits per heavy atom. The summed E-state index contributed by atoms with van der Waals surface area (Å²) in [7, 11) is 0. The molecule has 0 aromatic carbocycles. The molecule has 4 heteroatoms. The summed E-state index contributed by atoms with van der Waals surface area (Å²) in [5.74, 6) is 2.74. The number of hydrogen-bond donors (Lipinski definition) is 1. The van der Waals surface area contributed by atoms with Crippen molar-refractivity contribution in [3.63, 3.8) is 0 Å². The van der Waals surface area contributed by atoms with Crippen molar-refractivity contribution in [1.29, 1.82) is 0 Å². The third-order valence-corrected chi connectivity index (χ3v) is 4.18. The van der Waals surface area contributed by atoms with Gasteiger partial charge in [0.2, 0.25) is 0 Å². The molecule has 0 bridgehead atoms. The van der Waals surface area contributed by atoms with Crippen LogP contribution in [0.4, 0.5) is 0 Å². The number of carbonyl (C=O) groups is 1. The molecule has 0 saturated heterocycles. The van der Waals surface area contributed by atoms with E-state index in [1.54, 1.807) is 12.1 Å². The fourth-order valence-corrected chi connectivity index (χ4v) is 2.81. The van der Waals surface area contributed by atoms with Gasteiger partial charge in [0, 0.05) is 6.54 Å². The number of carbonyl (C=O) groups excluding carboxylic acids is 1. The second-order valence-electron chi connectivity index (χ2n) is 5.15. The molecule has 0 spiro atoms. The van der Waals surface area contributed by atoms with Gasteiger partial charge in [-0.3, -0.25) is 4.79 Å². The summed E-state index contributed by atoms with van der Waals surface area (Å²) in [6.45, 7) is 0.812. The SMILES string of the molecule is O=C(NCC(C1CC1)C1CC1)c1ccc(Br)o1. The molecule has 0 radical (unpaired) electrons. The minimum absolute atomic E-state index is 0.0954. The van der Waals surface area contributed by atoms with E-state index >= 15 is 0 Å². The first-order chi connectivity index (χ1) is 8.24. The van der Waals surface area contributed by atoms with Crippen LogP contribution >= 0.6 is 15.9 Å². The third-order valence-electron chi connectivity index (χ3n) is 3.75. The standard InChI is InChI=1S/C13H16BrNO2/c14-12-6-5-11(17-12)13(16)15-7-10(8-1-2-8)9-3-4-9/h5-6,8-10H,1-4,7H2,(H,15,16). The molecule has 2 fully saturated rings. The summed E-state index contributed by atoms with van der Waals surface area (Å²) in [4.78, 5) is 11.8. The van der Waals surface area contributed by atoms with Gasteiger partial charge in [-0.1, -0.05) is 0 Å². The van der Waals surface area contributed by atoms with Crippen molar-refractivity contribution in [1.82, 2.24) is 5.32 Å².